The number of H-pyrrole nitrogens is 1. The van der Waals surface area contributed by atoms with Gasteiger partial charge in [0.2, 0.25) is 0 Å². The van der Waals surface area contributed by atoms with Gasteiger partial charge in [-0.1, -0.05) is 42.1 Å². The molecule has 1 aromatic carbocycles. The number of nitrogens with two attached hydrogens (primary N) is 1. The van der Waals surface area contributed by atoms with Gasteiger partial charge in [0, 0.05) is 12.3 Å². The Balaban J connectivity index is 1.96. The molecule has 0 aliphatic carbocycles. The number of aliphatic hydroxyl groups is 1. The van der Waals surface area contributed by atoms with Gasteiger partial charge in [-0.3, -0.25) is 5.10 Å². The molecular weight excluding hydrogens is 248 g/mol. The van der Waals surface area contributed by atoms with Gasteiger partial charge in [0.05, 0.1) is 0 Å². The summed E-state index contributed by atoms with van der Waals surface area (Å²) in [5.41, 5.74) is 5.58. The molecule has 0 aliphatic heterocycles. The van der Waals surface area contributed by atoms with Crippen LogP contribution in [0.25, 0.3) is 0 Å². The van der Waals surface area contributed by atoms with E-state index in [1.807, 2.05) is 30.3 Å². The molecule has 6 heteroatoms. The molecule has 0 saturated heterocycles. The summed E-state index contributed by atoms with van der Waals surface area (Å²) in [6, 6.07) is 9.51. The molecule has 1 aromatic heterocycles. The van der Waals surface area contributed by atoms with Gasteiger partial charge in [0.15, 0.2) is 5.16 Å². The topological polar surface area (TPSA) is 87.8 Å². The van der Waals surface area contributed by atoms with Gasteiger partial charge in [0.25, 0.3) is 0 Å². The number of aromatic amines is 1. The largest absolute Gasteiger partial charge is 0.384 e. The highest BCUT2D eigenvalue weighted by Crippen LogP contribution is 2.26. The number of thioether (sulfide) groups is 1. The van der Waals surface area contributed by atoms with Crippen molar-refractivity contribution in [1.29, 1.82) is 0 Å². The van der Waals surface area contributed by atoms with Crippen LogP contribution in [0.3, 0.4) is 0 Å². The third kappa shape index (κ3) is 3.10. The fourth-order valence-corrected chi connectivity index (χ4v) is 2.57. The summed E-state index contributed by atoms with van der Waals surface area (Å²) in [6.07, 6.45) is 2.04. The first kappa shape index (κ1) is 13.1. The summed E-state index contributed by atoms with van der Waals surface area (Å²) in [4.78, 5) is 4.02. The molecule has 0 spiro atoms. The van der Waals surface area contributed by atoms with Crippen molar-refractivity contribution in [1.82, 2.24) is 15.2 Å². The molecule has 5 nitrogen and oxygen atoms in total. The molecule has 96 valence electrons. The second-order valence-corrected chi connectivity index (χ2v) is 5.07. The van der Waals surface area contributed by atoms with Crippen LogP contribution in [0, 0.1) is 0 Å². The van der Waals surface area contributed by atoms with E-state index >= 15 is 0 Å². The lowest BCUT2D eigenvalue weighted by Gasteiger charge is -2.26. The average Bonchev–Trinajstić information content (AvgIpc) is 2.93. The van der Waals surface area contributed by atoms with Crippen molar-refractivity contribution >= 4 is 11.8 Å². The monoisotopic (exact) mass is 264 g/mol. The zero-order valence-electron chi connectivity index (χ0n) is 9.91. The smallest absolute Gasteiger partial charge is 0.183 e. The van der Waals surface area contributed by atoms with E-state index in [0.717, 1.165) is 16.5 Å². The van der Waals surface area contributed by atoms with E-state index < -0.39 is 5.60 Å². The molecule has 1 atom stereocenters. The van der Waals surface area contributed by atoms with E-state index in [0.29, 0.717) is 6.42 Å². The van der Waals surface area contributed by atoms with Gasteiger partial charge in [0.1, 0.15) is 11.9 Å². The van der Waals surface area contributed by atoms with Crippen molar-refractivity contribution in [3.8, 4) is 0 Å². The minimum atomic E-state index is -0.978. The molecule has 1 heterocycles. The second-order valence-electron chi connectivity index (χ2n) is 3.99. The SMILES string of the molecule is NCC(O)(CCSc1ncn[nH]1)c1ccccc1. The first-order valence-electron chi connectivity index (χ1n) is 5.71. The van der Waals surface area contributed by atoms with E-state index in [-0.39, 0.29) is 6.54 Å². The number of nitrogens with one attached hydrogen (secondary N) is 1. The maximum absolute atomic E-state index is 10.5. The molecule has 0 saturated carbocycles. The Bertz CT molecular complexity index is 462. The lowest BCUT2D eigenvalue weighted by Crippen LogP contribution is -2.35. The maximum Gasteiger partial charge on any atom is 0.183 e. The molecule has 0 fully saturated rings. The zero-order valence-corrected chi connectivity index (χ0v) is 10.7. The van der Waals surface area contributed by atoms with Crippen LogP contribution in [-0.4, -0.2) is 32.6 Å². The predicted octanol–water partition coefficient (Wildman–Crippen LogP) is 1.13. The standard InChI is InChI=1S/C12H16N4OS/c13-8-12(17,10-4-2-1-3-5-10)6-7-18-11-14-9-15-16-11/h1-5,9,17H,6-8,13H2,(H,14,15,16). The number of benzene rings is 1. The summed E-state index contributed by atoms with van der Waals surface area (Å²) in [7, 11) is 0. The Morgan fingerprint density at radius 2 is 2.11 bits per heavy atom. The minimum Gasteiger partial charge on any atom is -0.384 e. The fraction of sp³-hybridized carbons (Fsp3) is 0.333. The number of hydrogen-bond acceptors (Lipinski definition) is 5. The fourth-order valence-electron chi connectivity index (χ4n) is 1.69. The molecule has 4 N–H and O–H groups in total. The summed E-state index contributed by atoms with van der Waals surface area (Å²) >= 11 is 1.52. The third-order valence-electron chi connectivity index (χ3n) is 2.80. The first-order valence-corrected chi connectivity index (χ1v) is 6.69. The lowest BCUT2D eigenvalue weighted by atomic mass is 9.91. The van der Waals surface area contributed by atoms with Crippen LogP contribution in [0.2, 0.25) is 0 Å². The molecule has 18 heavy (non-hydrogen) atoms. The van der Waals surface area contributed by atoms with Crippen molar-refractivity contribution in [2.45, 2.75) is 17.2 Å². The Morgan fingerprint density at radius 1 is 1.33 bits per heavy atom. The van der Waals surface area contributed by atoms with E-state index in [1.165, 1.54) is 18.1 Å². The Morgan fingerprint density at radius 3 is 2.72 bits per heavy atom. The second kappa shape index (κ2) is 5.99. The van der Waals surface area contributed by atoms with E-state index in [9.17, 15) is 5.11 Å². The number of nitrogens with zero attached hydrogens (tertiary/aromatic N) is 2. The van der Waals surface area contributed by atoms with Crippen LogP contribution in [0.5, 0.6) is 0 Å². The molecule has 0 bridgehead atoms. The van der Waals surface area contributed by atoms with Crippen molar-refractivity contribution in [2.75, 3.05) is 12.3 Å². The molecule has 0 amide bonds. The lowest BCUT2D eigenvalue weighted by molar-refractivity contribution is 0.0431. The highest BCUT2D eigenvalue weighted by molar-refractivity contribution is 7.99. The highest BCUT2D eigenvalue weighted by Gasteiger charge is 2.26. The molecule has 0 radical (unpaired) electrons. The Labute approximate surface area is 110 Å². The number of hydrogen-bond donors (Lipinski definition) is 3. The highest BCUT2D eigenvalue weighted by atomic mass is 32.2. The molecule has 0 aliphatic rings. The van der Waals surface area contributed by atoms with Crippen molar-refractivity contribution in [2.24, 2.45) is 5.73 Å². The molecule has 2 rings (SSSR count). The molecule has 2 aromatic rings. The van der Waals surface area contributed by atoms with Crippen LogP contribution in [0.1, 0.15) is 12.0 Å². The zero-order chi connectivity index (χ0) is 12.8. The summed E-state index contributed by atoms with van der Waals surface area (Å²) in [5, 5.41) is 17.8. The normalized spacial score (nSPS) is 14.3. The van der Waals surface area contributed by atoms with Gasteiger partial charge < -0.3 is 10.8 Å². The van der Waals surface area contributed by atoms with E-state index in [2.05, 4.69) is 15.2 Å². The Hall–Kier alpha value is -1.37. The van der Waals surface area contributed by atoms with Gasteiger partial charge in [-0.05, 0) is 12.0 Å². The Kier molecular flexibility index (Phi) is 4.35. The predicted molar refractivity (Wildman–Crippen MR) is 71.1 cm³/mol. The summed E-state index contributed by atoms with van der Waals surface area (Å²) in [6.45, 7) is 0.202. The van der Waals surface area contributed by atoms with Gasteiger partial charge in [-0.25, -0.2) is 4.98 Å². The summed E-state index contributed by atoms with van der Waals surface area (Å²) in [5.74, 6) is 0.720. The van der Waals surface area contributed by atoms with Gasteiger partial charge in [-0.15, -0.1) is 0 Å². The van der Waals surface area contributed by atoms with Gasteiger partial charge in [-0.2, -0.15) is 5.10 Å². The quantitative estimate of drug-likeness (QED) is 0.681. The van der Waals surface area contributed by atoms with Crippen molar-refractivity contribution in [3.05, 3.63) is 42.2 Å². The minimum absolute atomic E-state index is 0.202. The molecular formula is C12H16N4OS. The van der Waals surface area contributed by atoms with Crippen LogP contribution >= 0.6 is 11.8 Å². The third-order valence-corrected chi connectivity index (χ3v) is 3.67. The van der Waals surface area contributed by atoms with Crippen LogP contribution in [-0.2, 0) is 5.60 Å². The van der Waals surface area contributed by atoms with Crippen LogP contribution in [0.4, 0.5) is 0 Å². The van der Waals surface area contributed by atoms with Crippen LogP contribution < -0.4 is 5.73 Å². The van der Waals surface area contributed by atoms with E-state index in [1.54, 1.807) is 0 Å². The van der Waals surface area contributed by atoms with Gasteiger partial charge >= 0.3 is 0 Å². The van der Waals surface area contributed by atoms with Crippen molar-refractivity contribution < 1.29 is 5.11 Å². The van der Waals surface area contributed by atoms with E-state index in [4.69, 9.17) is 5.73 Å². The number of aromatic nitrogens is 3. The molecule has 1 unspecified atom stereocenters. The average molecular weight is 264 g/mol. The number of rotatable bonds is 6. The summed E-state index contributed by atoms with van der Waals surface area (Å²) < 4.78 is 0. The van der Waals surface area contributed by atoms with Crippen LogP contribution in [0.15, 0.2) is 41.8 Å². The van der Waals surface area contributed by atoms with Crippen molar-refractivity contribution in [3.63, 3.8) is 0 Å². The first-order chi connectivity index (χ1) is 8.74. The maximum atomic E-state index is 10.5.